The van der Waals surface area contributed by atoms with Gasteiger partial charge in [-0.2, -0.15) is 0 Å². The molecule has 0 aliphatic carbocycles. The molecule has 110 valence electrons. The van der Waals surface area contributed by atoms with Crippen molar-refractivity contribution in [2.24, 2.45) is 5.73 Å². The first kappa shape index (κ1) is 15.3. The standard InChI is InChI=1S/C16H18N2O2S/c17-16(20)15(12-6-2-1-3-7-12)18-14(19)10-4-8-13-9-5-11-21-13/h1-3,5-7,9,11,15H,4,8,10H2,(H2,17,20)(H,18,19). The fourth-order valence-electron chi connectivity index (χ4n) is 2.08. The molecule has 0 saturated carbocycles. The molecule has 0 radical (unpaired) electrons. The van der Waals surface area contributed by atoms with E-state index >= 15 is 0 Å². The Balaban J connectivity index is 1.85. The van der Waals surface area contributed by atoms with Gasteiger partial charge in [-0.1, -0.05) is 36.4 Å². The summed E-state index contributed by atoms with van der Waals surface area (Å²) in [5.74, 6) is -0.702. The molecule has 1 aromatic heterocycles. The van der Waals surface area contributed by atoms with Gasteiger partial charge in [0.2, 0.25) is 11.8 Å². The number of hydrogen-bond acceptors (Lipinski definition) is 3. The lowest BCUT2D eigenvalue weighted by atomic mass is 10.1. The summed E-state index contributed by atoms with van der Waals surface area (Å²) >= 11 is 1.68. The van der Waals surface area contributed by atoms with Gasteiger partial charge in [0.15, 0.2) is 0 Å². The van der Waals surface area contributed by atoms with Gasteiger partial charge in [0.1, 0.15) is 6.04 Å². The van der Waals surface area contributed by atoms with Crippen molar-refractivity contribution in [3.63, 3.8) is 0 Å². The number of aryl methyl sites for hydroxylation is 1. The third-order valence-electron chi connectivity index (χ3n) is 3.13. The van der Waals surface area contributed by atoms with Crippen molar-refractivity contribution in [1.82, 2.24) is 5.32 Å². The smallest absolute Gasteiger partial charge is 0.244 e. The van der Waals surface area contributed by atoms with Crippen LogP contribution in [0, 0.1) is 0 Å². The molecule has 2 aromatic rings. The normalized spacial score (nSPS) is 11.8. The van der Waals surface area contributed by atoms with E-state index < -0.39 is 11.9 Å². The summed E-state index contributed by atoms with van der Waals surface area (Å²) in [6, 6.07) is 12.3. The van der Waals surface area contributed by atoms with Gasteiger partial charge in [0, 0.05) is 11.3 Å². The molecule has 4 nitrogen and oxygen atoms in total. The van der Waals surface area contributed by atoms with E-state index in [1.165, 1.54) is 4.88 Å². The van der Waals surface area contributed by atoms with Gasteiger partial charge < -0.3 is 11.1 Å². The molecule has 1 atom stereocenters. The van der Waals surface area contributed by atoms with Crippen LogP contribution in [0.15, 0.2) is 47.8 Å². The molecule has 1 unspecified atom stereocenters. The first-order valence-electron chi connectivity index (χ1n) is 6.83. The fraction of sp³-hybridized carbons (Fsp3) is 0.250. The predicted molar refractivity (Wildman–Crippen MR) is 83.8 cm³/mol. The number of rotatable bonds is 7. The topological polar surface area (TPSA) is 72.2 Å². The third kappa shape index (κ3) is 4.72. The molecule has 0 aliphatic rings. The monoisotopic (exact) mass is 302 g/mol. The van der Waals surface area contributed by atoms with Gasteiger partial charge in [0.25, 0.3) is 0 Å². The Labute approximate surface area is 128 Å². The summed E-state index contributed by atoms with van der Waals surface area (Å²) in [6.07, 6.45) is 2.01. The molecule has 2 amide bonds. The van der Waals surface area contributed by atoms with Gasteiger partial charge in [-0.3, -0.25) is 9.59 Å². The second kappa shape index (κ2) is 7.59. The molecule has 0 fully saturated rings. The Morgan fingerprint density at radius 2 is 1.90 bits per heavy atom. The lowest BCUT2D eigenvalue weighted by molar-refractivity contribution is -0.127. The number of carbonyl (C=O) groups excluding carboxylic acids is 2. The van der Waals surface area contributed by atoms with Crippen LogP contribution >= 0.6 is 11.3 Å². The number of hydrogen-bond donors (Lipinski definition) is 2. The molecular weight excluding hydrogens is 284 g/mol. The zero-order valence-corrected chi connectivity index (χ0v) is 12.4. The Kier molecular flexibility index (Phi) is 5.51. The van der Waals surface area contributed by atoms with Crippen LogP contribution in [0.25, 0.3) is 0 Å². The maximum absolute atomic E-state index is 11.9. The molecule has 21 heavy (non-hydrogen) atoms. The number of primary amides is 1. The number of amides is 2. The summed E-state index contributed by atoms with van der Waals surface area (Å²) in [4.78, 5) is 24.7. The summed E-state index contributed by atoms with van der Waals surface area (Å²) in [5.41, 5.74) is 6.08. The zero-order chi connectivity index (χ0) is 15.1. The number of thiophene rings is 1. The van der Waals surface area contributed by atoms with E-state index in [9.17, 15) is 9.59 Å². The molecular formula is C16H18N2O2S. The third-order valence-corrected chi connectivity index (χ3v) is 4.07. The molecule has 2 rings (SSSR count). The Morgan fingerprint density at radius 1 is 1.14 bits per heavy atom. The van der Waals surface area contributed by atoms with Crippen molar-refractivity contribution in [3.8, 4) is 0 Å². The maximum Gasteiger partial charge on any atom is 0.244 e. The van der Waals surface area contributed by atoms with Crippen LogP contribution < -0.4 is 11.1 Å². The van der Waals surface area contributed by atoms with Gasteiger partial charge in [-0.15, -0.1) is 11.3 Å². The van der Waals surface area contributed by atoms with Crippen molar-refractivity contribution in [1.29, 1.82) is 0 Å². The molecule has 0 spiro atoms. The van der Waals surface area contributed by atoms with E-state index in [0.29, 0.717) is 12.0 Å². The second-order valence-electron chi connectivity index (χ2n) is 4.75. The molecule has 0 saturated heterocycles. The van der Waals surface area contributed by atoms with Crippen molar-refractivity contribution in [2.75, 3.05) is 0 Å². The largest absolute Gasteiger partial charge is 0.368 e. The molecule has 0 bridgehead atoms. The number of benzene rings is 1. The SMILES string of the molecule is NC(=O)C(NC(=O)CCCc1cccs1)c1ccccc1. The van der Waals surface area contributed by atoms with E-state index in [1.54, 1.807) is 23.5 Å². The van der Waals surface area contributed by atoms with Crippen LogP contribution in [0.1, 0.15) is 29.3 Å². The minimum atomic E-state index is -0.763. The highest BCUT2D eigenvalue weighted by atomic mass is 32.1. The minimum Gasteiger partial charge on any atom is -0.368 e. The first-order valence-corrected chi connectivity index (χ1v) is 7.71. The fourth-order valence-corrected chi connectivity index (χ4v) is 2.83. The quantitative estimate of drug-likeness (QED) is 0.824. The van der Waals surface area contributed by atoms with Gasteiger partial charge in [-0.25, -0.2) is 0 Å². The van der Waals surface area contributed by atoms with Crippen LogP contribution in [-0.2, 0) is 16.0 Å². The summed E-state index contributed by atoms with van der Waals surface area (Å²) in [7, 11) is 0. The number of nitrogens with two attached hydrogens (primary N) is 1. The van der Waals surface area contributed by atoms with Crippen LogP contribution in [0.4, 0.5) is 0 Å². The highest BCUT2D eigenvalue weighted by Gasteiger charge is 2.19. The number of nitrogens with one attached hydrogen (secondary N) is 1. The van der Waals surface area contributed by atoms with E-state index in [2.05, 4.69) is 11.4 Å². The average Bonchev–Trinajstić information content (AvgIpc) is 2.98. The molecule has 5 heteroatoms. The van der Waals surface area contributed by atoms with Crippen LogP contribution in [0.3, 0.4) is 0 Å². The number of carbonyl (C=O) groups is 2. The summed E-state index contributed by atoms with van der Waals surface area (Å²) in [6.45, 7) is 0. The Hall–Kier alpha value is -2.14. The molecule has 0 aliphatic heterocycles. The summed E-state index contributed by atoms with van der Waals surface area (Å²) < 4.78 is 0. The van der Waals surface area contributed by atoms with E-state index in [1.807, 2.05) is 29.6 Å². The highest BCUT2D eigenvalue weighted by Crippen LogP contribution is 2.14. The molecule has 1 aromatic carbocycles. The molecule has 3 N–H and O–H groups in total. The van der Waals surface area contributed by atoms with E-state index in [4.69, 9.17) is 5.73 Å². The first-order chi connectivity index (χ1) is 10.2. The van der Waals surface area contributed by atoms with Crippen LogP contribution in [-0.4, -0.2) is 11.8 Å². The van der Waals surface area contributed by atoms with Crippen molar-refractivity contribution in [2.45, 2.75) is 25.3 Å². The highest BCUT2D eigenvalue weighted by molar-refractivity contribution is 7.09. The van der Waals surface area contributed by atoms with Gasteiger partial charge in [-0.05, 0) is 29.9 Å². The lowest BCUT2D eigenvalue weighted by Gasteiger charge is -2.15. The van der Waals surface area contributed by atoms with Crippen molar-refractivity contribution < 1.29 is 9.59 Å². The van der Waals surface area contributed by atoms with E-state index in [0.717, 1.165) is 12.8 Å². The predicted octanol–water partition coefficient (Wildman–Crippen LogP) is 2.41. The second-order valence-corrected chi connectivity index (χ2v) is 5.78. The lowest BCUT2D eigenvalue weighted by Crippen LogP contribution is -2.37. The Morgan fingerprint density at radius 3 is 2.52 bits per heavy atom. The van der Waals surface area contributed by atoms with Crippen LogP contribution in [0.5, 0.6) is 0 Å². The van der Waals surface area contributed by atoms with Crippen LogP contribution in [0.2, 0.25) is 0 Å². The molecule has 1 heterocycles. The average molecular weight is 302 g/mol. The minimum absolute atomic E-state index is 0.154. The van der Waals surface area contributed by atoms with E-state index in [-0.39, 0.29) is 5.91 Å². The maximum atomic E-state index is 11.9. The van der Waals surface area contributed by atoms with Crippen molar-refractivity contribution in [3.05, 3.63) is 58.3 Å². The van der Waals surface area contributed by atoms with Gasteiger partial charge in [0.05, 0.1) is 0 Å². The summed E-state index contributed by atoms with van der Waals surface area (Å²) in [5, 5.41) is 4.72. The Bertz CT molecular complexity index is 582. The zero-order valence-electron chi connectivity index (χ0n) is 11.6. The van der Waals surface area contributed by atoms with Crippen molar-refractivity contribution >= 4 is 23.2 Å². The van der Waals surface area contributed by atoms with Gasteiger partial charge >= 0.3 is 0 Å².